The molecular weight excluding hydrogens is 273 g/mol. The summed E-state index contributed by atoms with van der Waals surface area (Å²) in [7, 11) is 0. The first-order chi connectivity index (χ1) is 8.56. The van der Waals surface area contributed by atoms with Gasteiger partial charge >= 0.3 is 0 Å². The van der Waals surface area contributed by atoms with E-state index in [2.05, 4.69) is 10.3 Å². The number of pyridine rings is 1. The summed E-state index contributed by atoms with van der Waals surface area (Å²) in [6.07, 6.45) is 1.50. The molecule has 1 amide bonds. The molecule has 0 saturated carbocycles. The van der Waals surface area contributed by atoms with Crippen LogP contribution < -0.4 is 11.1 Å². The summed E-state index contributed by atoms with van der Waals surface area (Å²) in [6.45, 7) is 0. The summed E-state index contributed by atoms with van der Waals surface area (Å²) in [5, 5.41) is 3.41. The molecular formula is C12H9Cl2N3O. The van der Waals surface area contributed by atoms with Crippen molar-refractivity contribution in [3.63, 3.8) is 0 Å². The molecule has 1 aromatic heterocycles. The lowest BCUT2D eigenvalue weighted by Crippen LogP contribution is -2.14. The Morgan fingerprint density at radius 3 is 2.72 bits per heavy atom. The SMILES string of the molecule is Nc1ccc(Cl)cc1C(=O)Nc1ccnc(Cl)c1. The Kier molecular flexibility index (Phi) is 3.69. The van der Waals surface area contributed by atoms with Crippen LogP contribution in [-0.4, -0.2) is 10.9 Å². The third kappa shape index (κ3) is 2.91. The van der Waals surface area contributed by atoms with E-state index in [4.69, 9.17) is 28.9 Å². The van der Waals surface area contributed by atoms with Gasteiger partial charge in [0.05, 0.1) is 5.56 Å². The van der Waals surface area contributed by atoms with Gasteiger partial charge in [0, 0.05) is 22.6 Å². The number of amides is 1. The highest BCUT2D eigenvalue weighted by molar-refractivity contribution is 6.31. The molecule has 1 heterocycles. The zero-order valence-electron chi connectivity index (χ0n) is 9.15. The zero-order chi connectivity index (χ0) is 13.1. The molecule has 0 bridgehead atoms. The highest BCUT2D eigenvalue weighted by Crippen LogP contribution is 2.20. The minimum absolute atomic E-state index is 0.298. The van der Waals surface area contributed by atoms with Gasteiger partial charge in [-0.05, 0) is 30.3 Å². The second-order valence-electron chi connectivity index (χ2n) is 3.55. The average Bonchev–Trinajstić information content (AvgIpc) is 2.32. The van der Waals surface area contributed by atoms with Crippen molar-refractivity contribution in [2.45, 2.75) is 0 Å². The van der Waals surface area contributed by atoms with Crippen molar-refractivity contribution < 1.29 is 4.79 Å². The molecule has 0 unspecified atom stereocenters. The highest BCUT2D eigenvalue weighted by Gasteiger charge is 2.10. The molecule has 0 fully saturated rings. The maximum atomic E-state index is 12.0. The number of nitrogens with zero attached hydrogens (tertiary/aromatic N) is 1. The summed E-state index contributed by atoms with van der Waals surface area (Å²) in [5.74, 6) is -0.350. The minimum atomic E-state index is -0.350. The first-order valence-electron chi connectivity index (χ1n) is 5.04. The number of nitrogens with two attached hydrogens (primary N) is 1. The number of nitrogen functional groups attached to an aromatic ring is 1. The van der Waals surface area contributed by atoms with Crippen molar-refractivity contribution in [2.24, 2.45) is 0 Å². The Hall–Kier alpha value is -1.78. The third-order valence-corrected chi connectivity index (χ3v) is 2.69. The number of nitrogens with one attached hydrogen (secondary N) is 1. The lowest BCUT2D eigenvalue weighted by molar-refractivity contribution is 0.102. The summed E-state index contributed by atoms with van der Waals surface area (Å²) in [5.41, 5.74) is 6.93. The molecule has 0 aliphatic heterocycles. The van der Waals surface area contributed by atoms with E-state index >= 15 is 0 Å². The Bertz CT molecular complexity index is 602. The molecule has 0 saturated heterocycles. The quantitative estimate of drug-likeness (QED) is 0.656. The lowest BCUT2D eigenvalue weighted by atomic mass is 10.1. The van der Waals surface area contributed by atoms with Crippen molar-refractivity contribution in [3.8, 4) is 0 Å². The van der Waals surface area contributed by atoms with E-state index in [1.807, 2.05) is 0 Å². The number of anilines is 2. The standard InChI is InChI=1S/C12H9Cl2N3O/c13-7-1-2-10(15)9(5-7)12(18)17-8-3-4-16-11(14)6-8/h1-6H,15H2,(H,16,17,18). The topological polar surface area (TPSA) is 68.0 Å². The molecule has 2 aromatic rings. The van der Waals surface area contributed by atoms with Gasteiger partial charge in [0.1, 0.15) is 5.15 Å². The van der Waals surface area contributed by atoms with Crippen molar-refractivity contribution >= 4 is 40.5 Å². The van der Waals surface area contributed by atoms with E-state index in [0.717, 1.165) is 0 Å². The number of aromatic nitrogens is 1. The molecule has 18 heavy (non-hydrogen) atoms. The number of carbonyl (C=O) groups is 1. The van der Waals surface area contributed by atoms with Crippen molar-refractivity contribution in [1.82, 2.24) is 4.98 Å². The first kappa shape index (κ1) is 12.7. The van der Waals surface area contributed by atoms with Gasteiger partial charge in [0.2, 0.25) is 0 Å². The normalized spacial score (nSPS) is 10.1. The average molecular weight is 282 g/mol. The van der Waals surface area contributed by atoms with E-state index in [9.17, 15) is 4.79 Å². The van der Waals surface area contributed by atoms with Crippen LogP contribution in [0.25, 0.3) is 0 Å². The molecule has 3 N–H and O–H groups in total. The number of hydrogen-bond acceptors (Lipinski definition) is 3. The lowest BCUT2D eigenvalue weighted by Gasteiger charge is -2.07. The number of carbonyl (C=O) groups excluding carboxylic acids is 1. The van der Waals surface area contributed by atoms with Crippen LogP contribution in [0.3, 0.4) is 0 Å². The summed E-state index contributed by atoms with van der Waals surface area (Å²) in [4.78, 5) is 15.8. The molecule has 6 heteroatoms. The van der Waals surface area contributed by atoms with Crippen LogP contribution in [-0.2, 0) is 0 Å². The minimum Gasteiger partial charge on any atom is -0.398 e. The van der Waals surface area contributed by atoms with Gasteiger partial charge in [-0.25, -0.2) is 4.98 Å². The number of hydrogen-bond donors (Lipinski definition) is 2. The van der Waals surface area contributed by atoms with Gasteiger partial charge in [-0.1, -0.05) is 23.2 Å². The monoisotopic (exact) mass is 281 g/mol. The van der Waals surface area contributed by atoms with Gasteiger partial charge in [-0.2, -0.15) is 0 Å². The van der Waals surface area contributed by atoms with Crippen LogP contribution >= 0.6 is 23.2 Å². The van der Waals surface area contributed by atoms with E-state index in [1.54, 1.807) is 24.3 Å². The van der Waals surface area contributed by atoms with E-state index in [-0.39, 0.29) is 5.91 Å². The van der Waals surface area contributed by atoms with Crippen LogP contribution in [0, 0.1) is 0 Å². The van der Waals surface area contributed by atoms with Gasteiger partial charge < -0.3 is 11.1 Å². The Morgan fingerprint density at radius 2 is 2.00 bits per heavy atom. The molecule has 2 rings (SSSR count). The smallest absolute Gasteiger partial charge is 0.257 e. The van der Waals surface area contributed by atoms with Gasteiger partial charge in [0.25, 0.3) is 5.91 Å². The van der Waals surface area contributed by atoms with Gasteiger partial charge in [-0.3, -0.25) is 4.79 Å². The fourth-order valence-corrected chi connectivity index (χ4v) is 1.75. The molecule has 0 atom stereocenters. The molecule has 0 aliphatic rings. The van der Waals surface area contributed by atoms with Crippen molar-refractivity contribution in [2.75, 3.05) is 11.1 Å². The molecule has 4 nitrogen and oxygen atoms in total. The number of halogens is 2. The van der Waals surface area contributed by atoms with Crippen LogP contribution in [0.1, 0.15) is 10.4 Å². The number of benzene rings is 1. The maximum Gasteiger partial charge on any atom is 0.257 e. The molecule has 92 valence electrons. The first-order valence-corrected chi connectivity index (χ1v) is 5.80. The Labute approximate surface area is 114 Å². The Balaban J connectivity index is 2.24. The second kappa shape index (κ2) is 5.25. The van der Waals surface area contributed by atoms with Crippen LogP contribution in [0.5, 0.6) is 0 Å². The zero-order valence-corrected chi connectivity index (χ0v) is 10.7. The molecule has 0 spiro atoms. The van der Waals surface area contributed by atoms with E-state index < -0.39 is 0 Å². The summed E-state index contributed by atoms with van der Waals surface area (Å²) < 4.78 is 0. The second-order valence-corrected chi connectivity index (χ2v) is 4.38. The fourth-order valence-electron chi connectivity index (χ4n) is 1.40. The summed E-state index contributed by atoms with van der Waals surface area (Å²) >= 11 is 11.5. The van der Waals surface area contributed by atoms with Crippen LogP contribution in [0.4, 0.5) is 11.4 Å². The van der Waals surface area contributed by atoms with Gasteiger partial charge in [0.15, 0.2) is 0 Å². The van der Waals surface area contributed by atoms with Crippen molar-refractivity contribution in [3.05, 3.63) is 52.3 Å². The third-order valence-electron chi connectivity index (χ3n) is 2.24. The van der Waals surface area contributed by atoms with E-state index in [0.29, 0.717) is 27.1 Å². The predicted molar refractivity (Wildman–Crippen MR) is 73.1 cm³/mol. The molecule has 0 aliphatic carbocycles. The number of rotatable bonds is 2. The van der Waals surface area contributed by atoms with Crippen molar-refractivity contribution in [1.29, 1.82) is 0 Å². The molecule has 1 aromatic carbocycles. The fraction of sp³-hybridized carbons (Fsp3) is 0. The predicted octanol–water partition coefficient (Wildman–Crippen LogP) is 3.22. The maximum absolute atomic E-state index is 12.0. The Morgan fingerprint density at radius 1 is 1.22 bits per heavy atom. The largest absolute Gasteiger partial charge is 0.398 e. The van der Waals surface area contributed by atoms with Crippen LogP contribution in [0.2, 0.25) is 10.2 Å². The van der Waals surface area contributed by atoms with E-state index in [1.165, 1.54) is 12.3 Å². The van der Waals surface area contributed by atoms with Crippen LogP contribution in [0.15, 0.2) is 36.5 Å². The van der Waals surface area contributed by atoms with Gasteiger partial charge in [-0.15, -0.1) is 0 Å². The summed E-state index contributed by atoms with van der Waals surface area (Å²) in [6, 6.07) is 7.88. The highest BCUT2D eigenvalue weighted by atomic mass is 35.5. The molecule has 0 radical (unpaired) electrons.